The van der Waals surface area contributed by atoms with Crippen molar-refractivity contribution in [3.8, 4) is 5.75 Å². The molecule has 1 aromatic heterocycles. The summed E-state index contributed by atoms with van der Waals surface area (Å²) in [6, 6.07) is 3.28. The highest BCUT2D eigenvalue weighted by Gasteiger charge is 2.15. The summed E-state index contributed by atoms with van der Waals surface area (Å²) in [6.07, 6.45) is 9.49. The van der Waals surface area contributed by atoms with Crippen molar-refractivity contribution in [3.05, 3.63) is 28.3 Å². The summed E-state index contributed by atoms with van der Waals surface area (Å²) in [5, 5.41) is 0. The van der Waals surface area contributed by atoms with E-state index in [1.165, 1.54) is 44.6 Å². The van der Waals surface area contributed by atoms with Gasteiger partial charge < -0.3 is 9.15 Å². The van der Waals surface area contributed by atoms with E-state index in [0.29, 0.717) is 11.7 Å². The SMILES string of the molecule is CCCCCC[C@@H](CCCC)c1cc(OC)cc(=O)o1. The molecule has 0 aliphatic rings. The smallest absolute Gasteiger partial charge is 0.339 e. The zero-order chi connectivity index (χ0) is 14.8. The Morgan fingerprint density at radius 2 is 1.75 bits per heavy atom. The van der Waals surface area contributed by atoms with Gasteiger partial charge in [-0.2, -0.15) is 0 Å². The fourth-order valence-electron chi connectivity index (χ4n) is 2.49. The molecule has 0 fully saturated rings. The Morgan fingerprint density at radius 3 is 2.40 bits per heavy atom. The first-order valence-corrected chi connectivity index (χ1v) is 7.90. The van der Waals surface area contributed by atoms with Gasteiger partial charge in [-0.05, 0) is 12.8 Å². The minimum absolute atomic E-state index is 0.311. The lowest BCUT2D eigenvalue weighted by Crippen LogP contribution is -2.06. The molecular weight excluding hydrogens is 252 g/mol. The molecule has 0 N–H and O–H groups in total. The van der Waals surface area contributed by atoms with Crippen molar-refractivity contribution >= 4 is 0 Å². The highest BCUT2D eigenvalue weighted by Crippen LogP contribution is 2.29. The van der Waals surface area contributed by atoms with Crippen LogP contribution in [0.25, 0.3) is 0 Å². The summed E-state index contributed by atoms with van der Waals surface area (Å²) in [7, 11) is 1.58. The van der Waals surface area contributed by atoms with Gasteiger partial charge in [-0.3, -0.25) is 0 Å². The van der Waals surface area contributed by atoms with Crippen LogP contribution in [0.5, 0.6) is 5.75 Å². The van der Waals surface area contributed by atoms with E-state index in [1.54, 1.807) is 7.11 Å². The van der Waals surface area contributed by atoms with Gasteiger partial charge >= 0.3 is 5.63 Å². The highest BCUT2D eigenvalue weighted by atomic mass is 16.5. The molecule has 0 bridgehead atoms. The highest BCUT2D eigenvalue weighted by molar-refractivity contribution is 5.22. The Kier molecular flexibility index (Phi) is 8.08. The number of rotatable bonds is 10. The Morgan fingerprint density at radius 1 is 1.05 bits per heavy atom. The zero-order valence-electron chi connectivity index (χ0n) is 13.1. The molecule has 114 valence electrons. The lowest BCUT2D eigenvalue weighted by atomic mass is 9.92. The quantitative estimate of drug-likeness (QED) is 0.573. The van der Waals surface area contributed by atoms with Crippen LogP contribution in [-0.4, -0.2) is 7.11 Å². The van der Waals surface area contributed by atoms with Crippen molar-refractivity contribution in [1.82, 2.24) is 0 Å². The van der Waals surface area contributed by atoms with Crippen molar-refractivity contribution in [1.29, 1.82) is 0 Å². The number of hydrogen-bond acceptors (Lipinski definition) is 3. The van der Waals surface area contributed by atoms with Crippen molar-refractivity contribution in [2.24, 2.45) is 0 Å². The molecule has 0 amide bonds. The molecule has 0 radical (unpaired) electrons. The van der Waals surface area contributed by atoms with Crippen LogP contribution in [0.2, 0.25) is 0 Å². The molecule has 1 heterocycles. The van der Waals surface area contributed by atoms with E-state index >= 15 is 0 Å². The molecule has 0 aliphatic carbocycles. The van der Waals surface area contributed by atoms with E-state index in [1.807, 2.05) is 6.07 Å². The minimum atomic E-state index is -0.311. The standard InChI is InChI=1S/C17H28O3/c1-4-6-8-9-11-14(10-7-5-2)16-12-15(19-3)13-17(18)20-16/h12-14H,4-11H2,1-3H3/t14-/m1/s1. The average molecular weight is 280 g/mol. The van der Waals surface area contributed by atoms with Crippen LogP contribution >= 0.6 is 0 Å². The molecule has 3 heteroatoms. The summed E-state index contributed by atoms with van der Waals surface area (Å²) in [6.45, 7) is 4.41. The van der Waals surface area contributed by atoms with E-state index < -0.39 is 0 Å². The maximum Gasteiger partial charge on any atom is 0.339 e. The minimum Gasteiger partial charge on any atom is -0.496 e. The molecule has 20 heavy (non-hydrogen) atoms. The van der Waals surface area contributed by atoms with E-state index in [9.17, 15) is 4.79 Å². The van der Waals surface area contributed by atoms with Gasteiger partial charge in [0, 0.05) is 12.0 Å². The van der Waals surface area contributed by atoms with Crippen LogP contribution in [0.1, 0.15) is 76.9 Å². The van der Waals surface area contributed by atoms with Gasteiger partial charge in [0.25, 0.3) is 0 Å². The molecular formula is C17H28O3. The van der Waals surface area contributed by atoms with Gasteiger partial charge in [-0.1, -0.05) is 52.4 Å². The lowest BCUT2D eigenvalue weighted by Gasteiger charge is -2.16. The lowest BCUT2D eigenvalue weighted by molar-refractivity contribution is 0.362. The van der Waals surface area contributed by atoms with E-state index in [-0.39, 0.29) is 5.63 Å². The number of methoxy groups -OCH3 is 1. The molecule has 0 saturated carbocycles. The number of ether oxygens (including phenoxy) is 1. The summed E-state index contributed by atoms with van der Waals surface area (Å²) >= 11 is 0. The molecule has 0 spiro atoms. The van der Waals surface area contributed by atoms with Crippen molar-refractivity contribution in [2.75, 3.05) is 7.11 Å². The van der Waals surface area contributed by atoms with Crippen molar-refractivity contribution in [2.45, 2.75) is 71.1 Å². The molecule has 1 aromatic rings. The molecule has 0 aliphatic heterocycles. The van der Waals surface area contributed by atoms with Crippen LogP contribution in [0.4, 0.5) is 0 Å². The first-order valence-electron chi connectivity index (χ1n) is 7.90. The maximum absolute atomic E-state index is 11.6. The average Bonchev–Trinajstić information content (AvgIpc) is 2.45. The Bertz CT molecular complexity index is 422. The van der Waals surface area contributed by atoms with E-state index in [0.717, 1.165) is 18.6 Å². The zero-order valence-corrected chi connectivity index (χ0v) is 13.1. The Labute approximate surface area is 122 Å². The second-order valence-electron chi connectivity index (χ2n) is 5.41. The number of unbranched alkanes of at least 4 members (excludes halogenated alkanes) is 4. The van der Waals surface area contributed by atoms with Crippen LogP contribution in [-0.2, 0) is 0 Å². The first-order chi connectivity index (χ1) is 9.71. The fourth-order valence-corrected chi connectivity index (χ4v) is 2.49. The van der Waals surface area contributed by atoms with Crippen LogP contribution < -0.4 is 10.4 Å². The van der Waals surface area contributed by atoms with Gasteiger partial charge in [0.05, 0.1) is 13.2 Å². The van der Waals surface area contributed by atoms with Gasteiger partial charge in [-0.15, -0.1) is 0 Å². The summed E-state index contributed by atoms with van der Waals surface area (Å²) < 4.78 is 10.6. The first kappa shape index (κ1) is 16.8. The molecule has 1 atom stereocenters. The fraction of sp³-hybridized carbons (Fsp3) is 0.706. The van der Waals surface area contributed by atoms with Gasteiger partial charge in [0.2, 0.25) is 0 Å². The maximum atomic E-state index is 11.6. The summed E-state index contributed by atoms with van der Waals surface area (Å²) in [4.78, 5) is 11.6. The predicted octanol–water partition coefficient (Wildman–Crippen LogP) is 4.89. The van der Waals surface area contributed by atoms with E-state index in [4.69, 9.17) is 9.15 Å². The molecule has 0 aromatic carbocycles. The second kappa shape index (κ2) is 9.62. The van der Waals surface area contributed by atoms with Gasteiger partial charge in [-0.25, -0.2) is 4.79 Å². The molecule has 1 rings (SSSR count). The van der Waals surface area contributed by atoms with Gasteiger partial charge in [0.1, 0.15) is 11.5 Å². The van der Waals surface area contributed by atoms with Crippen LogP contribution in [0.15, 0.2) is 21.3 Å². The number of hydrogen-bond donors (Lipinski definition) is 0. The van der Waals surface area contributed by atoms with E-state index in [2.05, 4.69) is 13.8 Å². The van der Waals surface area contributed by atoms with Crippen LogP contribution in [0, 0.1) is 0 Å². The second-order valence-corrected chi connectivity index (χ2v) is 5.41. The Balaban J connectivity index is 2.75. The summed E-state index contributed by atoms with van der Waals surface area (Å²) in [5.74, 6) is 1.74. The van der Waals surface area contributed by atoms with Crippen molar-refractivity contribution < 1.29 is 9.15 Å². The third-order valence-corrected chi connectivity index (χ3v) is 3.71. The predicted molar refractivity (Wildman–Crippen MR) is 82.6 cm³/mol. The van der Waals surface area contributed by atoms with Crippen molar-refractivity contribution in [3.63, 3.8) is 0 Å². The third-order valence-electron chi connectivity index (χ3n) is 3.71. The normalized spacial score (nSPS) is 12.3. The molecule has 0 unspecified atom stereocenters. The third kappa shape index (κ3) is 5.81. The molecule has 0 saturated heterocycles. The van der Waals surface area contributed by atoms with Gasteiger partial charge in [0.15, 0.2) is 0 Å². The topological polar surface area (TPSA) is 39.4 Å². The monoisotopic (exact) mass is 280 g/mol. The Hall–Kier alpha value is -1.25. The van der Waals surface area contributed by atoms with Crippen LogP contribution in [0.3, 0.4) is 0 Å². The molecule has 3 nitrogen and oxygen atoms in total. The largest absolute Gasteiger partial charge is 0.496 e. The summed E-state index contributed by atoms with van der Waals surface area (Å²) in [5.41, 5.74) is -0.311.